The van der Waals surface area contributed by atoms with Crippen LogP contribution in [0.3, 0.4) is 0 Å². The van der Waals surface area contributed by atoms with Crippen LogP contribution in [-0.4, -0.2) is 102 Å². The highest BCUT2D eigenvalue weighted by molar-refractivity contribution is 7.95. The molecule has 0 aromatic rings. The highest BCUT2D eigenvalue weighted by Crippen LogP contribution is 2.17. The van der Waals surface area contributed by atoms with Crippen molar-refractivity contribution in [2.24, 2.45) is 0 Å². The monoisotopic (exact) mass is 410 g/mol. The van der Waals surface area contributed by atoms with Crippen LogP contribution >= 0.6 is 0 Å². The Labute approximate surface area is 160 Å². The van der Waals surface area contributed by atoms with Gasteiger partial charge in [-0.05, 0) is 38.5 Å². The average molecular weight is 411 g/mol. The van der Waals surface area contributed by atoms with Crippen LogP contribution in [0, 0.1) is 0 Å². The molecule has 2 aliphatic rings. The number of piperidine rings is 2. The standard InChI is InChI=1S/C18H38N2O4S2/c1-19(9-5-3-6-10-19)13-15-25(21,22)17-18-26(23,24)16-14-20(2)11-7-4-8-12-20/h3-18H2,1-2H3/q+2. The van der Waals surface area contributed by atoms with Crippen molar-refractivity contribution in [3.8, 4) is 0 Å². The number of hydrogen-bond donors (Lipinski definition) is 0. The molecule has 2 rings (SSSR count). The van der Waals surface area contributed by atoms with Crippen LogP contribution in [0.5, 0.6) is 0 Å². The van der Waals surface area contributed by atoms with Crippen molar-refractivity contribution in [2.75, 3.05) is 76.4 Å². The summed E-state index contributed by atoms with van der Waals surface area (Å²) in [5.74, 6) is -0.238. The highest BCUT2D eigenvalue weighted by Gasteiger charge is 2.30. The van der Waals surface area contributed by atoms with Crippen molar-refractivity contribution in [2.45, 2.75) is 38.5 Å². The van der Waals surface area contributed by atoms with Crippen LogP contribution in [0.25, 0.3) is 0 Å². The lowest BCUT2D eigenvalue weighted by molar-refractivity contribution is -0.911. The summed E-state index contributed by atoms with van der Waals surface area (Å²) in [6, 6.07) is 0. The zero-order valence-electron chi connectivity index (χ0n) is 16.7. The Hall–Kier alpha value is -0.180. The van der Waals surface area contributed by atoms with Gasteiger partial charge in [-0.2, -0.15) is 0 Å². The van der Waals surface area contributed by atoms with Gasteiger partial charge in [0, 0.05) is 0 Å². The average Bonchev–Trinajstić information content (AvgIpc) is 2.59. The van der Waals surface area contributed by atoms with Crippen LogP contribution in [0.15, 0.2) is 0 Å². The molecule has 0 aromatic carbocycles. The third-order valence-corrected chi connectivity index (χ3v) is 9.90. The van der Waals surface area contributed by atoms with Crippen LogP contribution in [-0.2, 0) is 19.7 Å². The minimum absolute atomic E-state index is 0.104. The van der Waals surface area contributed by atoms with E-state index in [2.05, 4.69) is 14.1 Å². The lowest BCUT2D eigenvalue weighted by Crippen LogP contribution is -2.51. The summed E-state index contributed by atoms with van der Waals surface area (Å²) in [5.41, 5.74) is 0. The van der Waals surface area contributed by atoms with E-state index in [9.17, 15) is 16.8 Å². The zero-order valence-corrected chi connectivity index (χ0v) is 18.3. The topological polar surface area (TPSA) is 68.3 Å². The molecule has 0 aliphatic carbocycles. The second-order valence-electron chi connectivity index (χ2n) is 9.01. The van der Waals surface area contributed by atoms with Gasteiger partial charge in [0.2, 0.25) is 0 Å². The molecule has 2 aliphatic heterocycles. The van der Waals surface area contributed by atoms with Gasteiger partial charge in [0.15, 0.2) is 19.7 Å². The molecule has 0 radical (unpaired) electrons. The molecule has 0 aromatic heterocycles. The maximum atomic E-state index is 12.4. The second-order valence-corrected chi connectivity index (χ2v) is 13.6. The quantitative estimate of drug-likeness (QED) is 0.534. The van der Waals surface area contributed by atoms with E-state index in [1.54, 1.807) is 0 Å². The predicted molar refractivity (Wildman–Crippen MR) is 107 cm³/mol. The van der Waals surface area contributed by atoms with Crippen molar-refractivity contribution < 1.29 is 25.8 Å². The molecule has 0 amide bonds. The number of likely N-dealkylation sites (tertiary alicyclic amines) is 2. The fourth-order valence-corrected chi connectivity index (χ4v) is 8.05. The summed E-state index contributed by atoms with van der Waals surface area (Å²) >= 11 is 0. The molecule has 0 atom stereocenters. The van der Waals surface area contributed by atoms with Crippen molar-refractivity contribution in [3.63, 3.8) is 0 Å². The van der Waals surface area contributed by atoms with Gasteiger partial charge in [-0.3, -0.25) is 0 Å². The van der Waals surface area contributed by atoms with Crippen molar-refractivity contribution >= 4 is 19.7 Å². The molecule has 154 valence electrons. The Morgan fingerprint density at radius 3 is 1.15 bits per heavy atom. The summed E-state index contributed by atoms with van der Waals surface area (Å²) in [5, 5.41) is 0. The summed E-state index contributed by atoms with van der Waals surface area (Å²) < 4.78 is 51.0. The maximum absolute atomic E-state index is 12.4. The van der Waals surface area contributed by atoms with E-state index in [-0.39, 0.29) is 23.0 Å². The fraction of sp³-hybridized carbons (Fsp3) is 1.00. The van der Waals surface area contributed by atoms with Crippen LogP contribution in [0.4, 0.5) is 0 Å². The molecule has 26 heavy (non-hydrogen) atoms. The van der Waals surface area contributed by atoms with Crippen molar-refractivity contribution in [3.05, 3.63) is 0 Å². The normalized spacial score (nSPS) is 23.6. The first kappa shape index (κ1) is 22.1. The van der Waals surface area contributed by atoms with E-state index in [1.807, 2.05) is 0 Å². The molecule has 0 N–H and O–H groups in total. The molecule has 2 heterocycles. The SMILES string of the molecule is C[N+]1(CCS(=O)(=O)CCS(=O)(=O)CC[N+]2(C)CCCCC2)CCCCC1. The first-order valence-electron chi connectivity index (χ1n) is 10.1. The van der Waals surface area contributed by atoms with Gasteiger partial charge in [-0.1, -0.05) is 0 Å². The minimum atomic E-state index is -3.31. The largest absolute Gasteiger partial charge is 0.325 e. The first-order chi connectivity index (χ1) is 12.0. The number of hydrogen-bond acceptors (Lipinski definition) is 4. The van der Waals surface area contributed by atoms with Gasteiger partial charge in [0.1, 0.15) is 0 Å². The fourth-order valence-electron chi connectivity index (χ4n) is 4.18. The van der Waals surface area contributed by atoms with Crippen molar-refractivity contribution in [1.29, 1.82) is 0 Å². The van der Waals surface area contributed by atoms with Crippen molar-refractivity contribution in [1.82, 2.24) is 0 Å². The summed E-state index contributed by atoms with van der Waals surface area (Å²) in [6.07, 6.45) is 7.08. The molecular weight excluding hydrogens is 372 g/mol. The third kappa shape index (κ3) is 7.44. The lowest BCUT2D eigenvalue weighted by atomic mass is 10.1. The molecule has 8 heteroatoms. The third-order valence-electron chi connectivity index (χ3n) is 6.38. The zero-order chi connectivity index (χ0) is 19.3. The van der Waals surface area contributed by atoms with Crippen LogP contribution in [0.1, 0.15) is 38.5 Å². The highest BCUT2D eigenvalue weighted by atomic mass is 32.2. The molecule has 6 nitrogen and oxygen atoms in total. The lowest BCUT2D eigenvalue weighted by Gasteiger charge is -2.37. The molecule has 0 bridgehead atoms. The Morgan fingerprint density at radius 1 is 0.538 bits per heavy atom. The Kier molecular flexibility index (Phi) is 7.55. The van der Waals surface area contributed by atoms with Gasteiger partial charge in [0.05, 0.1) is 76.4 Å². The van der Waals surface area contributed by atoms with Crippen LogP contribution in [0.2, 0.25) is 0 Å². The van der Waals surface area contributed by atoms with E-state index in [0.29, 0.717) is 13.1 Å². The van der Waals surface area contributed by atoms with Crippen LogP contribution < -0.4 is 0 Å². The number of sulfone groups is 2. The van der Waals surface area contributed by atoms with E-state index < -0.39 is 19.7 Å². The Morgan fingerprint density at radius 2 is 0.846 bits per heavy atom. The molecule has 0 unspecified atom stereocenters. The Bertz CT molecular complexity index is 589. The van der Waals surface area contributed by atoms with E-state index in [1.165, 1.54) is 12.8 Å². The van der Waals surface area contributed by atoms with Gasteiger partial charge >= 0.3 is 0 Å². The predicted octanol–water partition coefficient (Wildman–Crippen LogP) is 1.08. The molecule has 2 fully saturated rings. The molecule has 0 spiro atoms. The summed E-state index contributed by atoms with van der Waals surface area (Å²) in [6.45, 7) is 5.35. The van der Waals surface area contributed by atoms with E-state index in [4.69, 9.17) is 0 Å². The second kappa shape index (κ2) is 8.88. The number of quaternary nitrogens is 2. The molecular formula is C18H38N2O4S2+2. The van der Waals surface area contributed by atoms with Gasteiger partial charge < -0.3 is 8.97 Å². The first-order valence-corrected chi connectivity index (χ1v) is 13.8. The number of rotatable bonds is 9. The smallest absolute Gasteiger partial charge is 0.156 e. The number of nitrogens with zero attached hydrogens (tertiary/aromatic N) is 2. The van der Waals surface area contributed by atoms with E-state index >= 15 is 0 Å². The Balaban J connectivity index is 1.77. The molecule has 0 saturated carbocycles. The van der Waals surface area contributed by atoms with E-state index in [0.717, 1.165) is 60.8 Å². The summed E-state index contributed by atoms with van der Waals surface area (Å²) in [4.78, 5) is 0. The minimum Gasteiger partial charge on any atom is -0.325 e. The van der Waals surface area contributed by atoms with Gasteiger partial charge in [-0.25, -0.2) is 16.8 Å². The molecule has 2 saturated heterocycles. The van der Waals surface area contributed by atoms with Gasteiger partial charge in [-0.15, -0.1) is 0 Å². The summed E-state index contributed by atoms with van der Waals surface area (Å²) in [7, 11) is -2.38. The van der Waals surface area contributed by atoms with Gasteiger partial charge in [0.25, 0.3) is 0 Å². The maximum Gasteiger partial charge on any atom is 0.156 e.